The fourth-order valence-electron chi connectivity index (χ4n) is 3.78. The third kappa shape index (κ3) is 5.67. The number of hydrogen-bond donors (Lipinski definition) is 0. The van der Waals surface area contributed by atoms with E-state index in [2.05, 4.69) is 0 Å². The van der Waals surface area contributed by atoms with Crippen molar-refractivity contribution in [3.63, 3.8) is 0 Å². The summed E-state index contributed by atoms with van der Waals surface area (Å²) in [6.45, 7) is 4.98. The van der Waals surface area contributed by atoms with Crippen molar-refractivity contribution in [3.8, 4) is 0 Å². The highest BCUT2D eigenvalue weighted by atomic mass is 32.2. The van der Waals surface area contributed by atoms with Gasteiger partial charge in [0.15, 0.2) is 6.10 Å². The van der Waals surface area contributed by atoms with Crippen LogP contribution in [0.3, 0.4) is 0 Å². The average Bonchev–Trinajstić information content (AvgIpc) is 2.88. The van der Waals surface area contributed by atoms with Crippen LogP contribution in [-0.4, -0.2) is 50.8 Å². The van der Waals surface area contributed by atoms with Crippen molar-refractivity contribution in [2.45, 2.75) is 24.8 Å². The van der Waals surface area contributed by atoms with Gasteiger partial charge in [-0.05, 0) is 32.0 Å². The molecule has 1 aliphatic heterocycles. The van der Waals surface area contributed by atoms with Crippen LogP contribution in [0, 0.1) is 13.8 Å². The number of ketones is 1. The molecule has 0 aromatic heterocycles. The van der Waals surface area contributed by atoms with E-state index in [1.54, 1.807) is 24.3 Å². The molecule has 3 aromatic carbocycles. The van der Waals surface area contributed by atoms with E-state index in [9.17, 15) is 18.0 Å². The van der Waals surface area contributed by atoms with Crippen molar-refractivity contribution in [3.05, 3.63) is 101 Å². The lowest BCUT2D eigenvalue weighted by Gasteiger charge is -2.26. The highest BCUT2D eigenvalue weighted by Gasteiger charge is 2.29. The predicted octanol–water partition coefficient (Wildman–Crippen LogP) is 4.11. The van der Waals surface area contributed by atoms with Gasteiger partial charge in [0.1, 0.15) is 0 Å². The van der Waals surface area contributed by atoms with Crippen LogP contribution in [0.2, 0.25) is 0 Å². The molecular weight excluding hydrogens is 466 g/mol. The second kappa shape index (κ2) is 10.5. The fraction of sp³-hybridized carbons (Fsp3) is 0.259. The van der Waals surface area contributed by atoms with Gasteiger partial charge in [-0.15, -0.1) is 0 Å². The number of rotatable bonds is 7. The molecule has 8 heteroatoms. The normalized spacial score (nSPS) is 15.4. The minimum absolute atomic E-state index is 0.00871. The van der Waals surface area contributed by atoms with Gasteiger partial charge in [-0.3, -0.25) is 4.79 Å². The van der Waals surface area contributed by atoms with E-state index in [0.717, 1.165) is 11.1 Å². The van der Waals surface area contributed by atoms with Crippen LogP contribution < -0.4 is 0 Å². The van der Waals surface area contributed by atoms with Gasteiger partial charge in [-0.2, -0.15) is 4.31 Å². The third-order valence-electron chi connectivity index (χ3n) is 5.86. The van der Waals surface area contributed by atoms with Crippen LogP contribution >= 0.6 is 0 Å². The molecular formula is C27H27NO6S. The zero-order valence-corrected chi connectivity index (χ0v) is 20.5. The molecule has 0 amide bonds. The van der Waals surface area contributed by atoms with Crippen molar-refractivity contribution in [1.29, 1.82) is 0 Å². The Morgan fingerprint density at radius 2 is 1.46 bits per heavy atom. The van der Waals surface area contributed by atoms with Gasteiger partial charge in [-0.25, -0.2) is 13.2 Å². The smallest absolute Gasteiger partial charge is 0.339 e. The Hall–Kier alpha value is -3.33. The first-order chi connectivity index (χ1) is 16.8. The molecule has 35 heavy (non-hydrogen) atoms. The molecule has 1 atom stereocenters. The van der Waals surface area contributed by atoms with Crippen LogP contribution in [0.25, 0.3) is 0 Å². The number of nitrogens with zero attached hydrogens (tertiary/aromatic N) is 1. The van der Waals surface area contributed by atoms with Gasteiger partial charge >= 0.3 is 5.97 Å². The Morgan fingerprint density at radius 3 is 2.09 bits per heavy atom. The quantitative estimate of drug-likeness (QED) is 0.364. The first-order valence-electron chi connectivity index (χ1n) is 11.3. The number of morpholine rings is 1. The summed E-state index contributed by atoms with van der Waals surface area (Å²) < 4.78 is 38.3. The molecule has 0 radical (unpaired) electrons. The number of hydrogen-bond acceptors (Lipinski definition) is 6. The molecule has 1 saturated heterocycles. The maximum absolute atomic E-state index is 13.3. The van der Waals surface area contributed by atoms with E-state index < -0.39 is 22.1 Å². The highest BCUT2D eigenvalue weighted by Crippen LogP contribution is 2.26. The number of ether oxygens (including phenoxy) is 2. The van der Waals surface area contributed by atoms with Crippen molar-refractivity contribution in [2.75, 3.05) is 26.3 Å². The first-order valence-corrected chi connectivity index (χ1v) is 12.8. The van der Waals surface area contributed by atoms with Crippen LogP contribution in [0.5, 0.6) is 0 Å². The summed E-state index contributed by atoms with van der Waals surface area (Å²) in [5, 5.41) is 0. The Bertz CT molecular complexity index is 1310. The van der Waals surface area contributed by atoms with E-state index in [1.807, 2.05) is 38.1 Å². The molecule has 182 valence electrons. The molecule has 1 aliphatic rings. The van der Waals surface area contributed by atoms with Crippen LogP contribution in [0.15, 0.2) is 77.7 Å². The predicted molar refractivity (Wildman–Crippen MR) is 131 cm³/mol. The topological polar surface area (TPSA) is 90.0 Å². The summed E-state index contributed by atoms with van der Waals surface area (Å²) in [5.41, 5.74) is 3.00. The van der Waals surface area contributed by atoms with E-state index in [1.165, 1.54) is 28.6 Å². The summed E-state index contributed by atoms with van der Waals surface area (Å²) in [4.78, 5) is 26.5. The summed E-state index contributed by atoms with van der Waals surface area (Å²) in [6, 6.07) is 19.9. The number of carbonyl (C=O) groups excluding carboxylic acids is 2. The fourth-order valence-corrected chi connectivity index (χ4v) is 5.23. The van der Waals surface area contributed by atoms with Crippen LogP contribution in [0.1, 0.15) is 43.5 Å². The second-order valence-corrected chi connectivity index (χ2v) is 10.4. The van der Waals surface area contributed by atoms with Crippen molar-refractivity contribution in [2.24, 2.45) is 0 Å². The summed E-state index contributed by atoms with van der Waals surface area (Å²) in [7, 11) is -3.79. The number of carbonyl (C=O) groups is 2. The maximum Gasteiger partial charge on any atom is 0.339 e. The minimum atomic E-state index is -3.79. The zero-order chi connectivity index (χ0) is 25.0. The minimum Gasteiger partial charge on any atom is -0.445 e. The third-order valence-corrected chi connectivity index (χ3v) is 7.75. The molecule has 7 nitrogen and oxygen atoms in total. The zero-order valence-electron chi connectivity index (χ0n) is 19.6. The molecule has 0 bridgehead atoms. The summed E-state index contributed by atoms with van der Waals surface area (Å²) >= 11 is 0. The lowest BCUT2D eigenvalue weighted by atomic mass is 9.98. The molecule has 0 saturated carbocycles. The first kappa shape index (κ1) is 24.8. The van der Waals surface area contributed by atoms with Gasteiger partial charge in [-0.1, -0.05) is 65.7 Å². The van der Waals surface area contributed by atoms with Crippen molar-refractivity contribution < 1.29 is 27.5 Å². The van der Waals surface area contributed by atoms with Gasteiger partial charge in [0, 0.05) is 24.2 Å². The molecule has 0 aliphatic carbocycles. The molecule has 3 aromatic rings. The monoisotopic (exact) mass is 493 g/mol. The molecule has 1 fully saturated rings. The average molecular weight is 494 g/mol. The largest absolute Gasteiger partial charge is 0.445 e. The maximum atomic E-state index is 13.3. The van der Waals surface area contributed by atoms with E-state index >= 15 is 0 Å². The van der Waals surface area contributed by atoms with E-state index in [0.29, 0.717) is 24.3 Å². The number of sulfonamides is 1. The van der Waals surface area contributed by atoms with Crippen LogP contribution in [-0.2, 0) is 19.5 Å². The summed E-state index contributed by atoms with van der Waals surface area (Å²) in [5.74, 6) is -1.14. The number of benzene rings is 3. The Morgan fingerprint density at radius 1 is 0.857 bits per heavy atom. The Labute approximate surface area is 205 Å². The molecule has 0 N–H and O–H groups in total. The van der Waals surface area contributed by atoms with Crippen LogP contribution in [0.4, 0.5) is 0 Å². The second-order valence-electron chi connectivity index (χ2n) is 8.47. The lowest BCUT2D eigenvalue weighted by molar-refractivity contribution is 0.0279. The standard InChI is InChI=1S/C27H27NO6S/c1-19-6-10-21(11-7-19)25(29)26(22-12-8-20(2)9-13-22)34-27(30)23-4-3-5-24(18-23)35(31,32)28-14-16-33-17-15-28/h3-13,18,26H,14-17H2,1-2H3. The molecule has 4 rings (SSSR count). The van der Waals surface area contributed by atoms with Crippen molar-refractivity contribution >= 4 is 21.8 Å². The Balaban J connectivity index is 1.63. The lowest BCUT2D eigenvalue weighted by Crippen LogP contribution is -2.40. The number of Topliss-reactive ketones (excluding diaryl/α,β-unsaturated/α-hetero) is 1. The number of esters is 1. The van der Waals surface area contributed by atoms with Gasteiger partial charge in [0.2, 0.25) is 15.8 Å². The van der Waals surface area contributed by atoms with Gasteiger partial charge in [0.25, 0.3) is 0 Å². The summed E-state index contributed by atoms with van der Waals surface area (Å²) in [6.07, 6.45) is -1.18. The molecule has 0 spiro atoms. The van der Waals surface area contributed by atoms with E-state index in [-0.39, 0.29) is 29.3 Å². The Kier molecular flexibility index (Phi) is 7.45. The highest BCUT2D eigenvalue weighted by molar-refractivity contribution is 7.89. The SMILES string of the molecule is Cc1ccc(C(=O)C(OC(=O)c2cccc(S(=O)(=O)N3CCOCC3)c2)c2ccc(C)cc2)cc1. The van der Waals surface area contributed by atoms with Crippen molar-refractivity contribution in [1.82, 2.24) is 4.31 Å². The van der Waals surface area contributed by atoms with Gasteiger partial charge < -0.3 is 9.47 Å². The van der Waals surface area contributed by atoms with Gasteiger partial charge in [0.05, 0.1) is 23.7 Å². The number of aryl methyl sites for hydroxylation is 2. The molecule has 1 heterocycles. The molecule has 1 unspecified atom stereocenters. The van der Waals surface area contributed by atoms with E-state index in [4.69, 9.17) is 9.47 Å².